The van der Waals surface area contributed by atoms with Crippen molar-refractivity contribution in [3.8, 4) is 11.5 Å². The van der Waals surface area contributed by atoms with Gasteiger partial charge in [-0.1, -0.05) is 38.8 Å². The monoisotopic (exact) mass is 671 g/mol. The van der Waals surface area contributed by atoms with Gasteiger partial charge in [0.15, 0.2) is 0 Å². The van der Waals surface area contributed by atoms with Crippen molar-refractivity contribution < 1.29 is 39.1 Å². The SMILES string of the molecule is CC.COc1ccc2c(O[C@@H]3C[C@H]4C(=O)N[C@]5(C(N)=O)C[C@H]5/C=C\CCCCC[C@H](N)C(=O)N4C3)cc(=O)[nH]c2c1C.CS.O.O.[HH].[HH].[HH]. The first-order valence-electron chi connectivity index (χ1n) is 15.3. The van der Waals surface area contributed by atoms with Crippen molar-refractivity contribution in [2.75, 3.05) is 19.9 Å². The van der Waals surface area contributed by atoms with Crippen molar-refractivity contribution in [1.82, 2.24) is 15.2 Å². The number of benzene rings is 1. The highest BCUT2D eigenvalue weighted by atomic mass is 32.1. The average Bonchev–Trinajstić information content (AvgIpc) is 3.56. The normalized spacial score (nSPS) is 26.3. The number of thiol groups is 1. The van der Waals surface area contributed by atoms with Crippen LogP contribution in [0.4, 0.5) is 0 Å². The molecule has 13 nitrogen and oxygen atoms in total. The Labute approximate surface area is 279 Å². The van der Waals surface area contributed by atoms with Gasteiger partial charge in [0.25, 0.3) is 5.56 Å². The van der Waals surface area contributed by atoms with Gasteiger partial charge in [0.05, 0.1) is 25.2 Å². The van der Waals surface area contributed by atoms with E-state index in [0.29, 0.717) is 35.2 Å². The van der Waals surface area contributed by atoms with Gasteiger partial charge in [-0.15, -0.1) is 0 Å². The van der Waals surface area contributed by atoms with Gasteiger partial charge in [-0.3, -0.25) is 19.2 Å². The average molecular weight is 672 g/mol. The van der Waals surface area contributed by atoms with Crippen LogP contribution in [0.25, 0.3) is 10.9 Å². The highest BCUT2D eigenvalue weighted by Gasteiger charge is 2.60. The number of aryl methyl sites for hydroxylation is 1. The topological polar surface area (TPSA) is 233 Å². The number of nitrogens with two attached hydrogens (primary N) is 2. The van der Waals surface area contributed by atoms with Crippen LogP contribution in [0.5, 0.6) is 11.5 Å². The second-order valence-corrected chi connectivity index (χ2v) is 11.1. The Kier molecular flexibility index (Phi) is 15.8. The van der Waals surface area contributed by atoms with E-state index in [1.807, 2.05) is 32.9 Å². The molecule has 5 rings (SSSR count). The fourth-order valence-corrected chi connectivity index (χ4v) is 6.00. The van der Waals surface area contributed by atoms with Crippen molar-refractivity contribution >= 4 is 41.3 Å². The maximum absolute atomic E-state index is 13.6. The Morgan fingerprint density at radius 2 is 1.80 bits per heavy atom. The highest BCUT2D eigenvalue weighted by molar-refractivity contribution is 7.79. The van der Waals surface area contributed by atoms with Crippen LogP contribution in [-0.2, 0) is 14.4 Å². The van der Waals surface area contributed by atoms with E-state index in [1.54, 1.807) is 25.5 Å². The molecule has 1 saturated carbocycles. The van der Waals surface area contributed by atoms with E-state index in [9.17, 15) is 19.2 Å². The molecule has 0 unspecified atom stereocenters. The lowest BCUT2D eigenvalue weighted by Gasteiger charge is -2.28. The maximum atomic E-state index is 13.6. The number of fused-ring (bicyclic) bond motifs is 3. The zero-order valence-electron chi connectivity index (χ0n) is 27.4. The fourth-order valence-electron chi connectivity index (χ4n) is 6.00. The molecular formula is C32H57N5O8S. The van der Waals surface area contributed by atoms with Crippen molar-refractivity contribution in [1.29, 1.82) is 0 Å². The van der Waals surface area contributed by atoms with Crippen LogP contribution in [-0.4, -0.2) is 82.2 Å². The molecular weight excluding hydrogens is 614 g/mol. The van der Waals surface area contributed by atoms with Gasteiger partial charge in [0, 0.05) is 33.6 Å². The summed E-state index contributed by atoms with van der Waals surface area (Å²) >= 11 is 3.53. The number of aromatic amines is 1. The van der Waals surface area contributed by atoms with Crippen molar-refractivity contribution in [2.24, 2.45) is 17.4 Å². The number of hydrogen-bond donors (Lipinski definition) is 5. The van der Waals surface area contributed by atoms with Gasteiger partial charge in [0.1, 0.15) is 29.2 Å². The summed E-state index contributed by atoms with van der Waals surface area (Å²) in [4.78, 5) is 56.3. The van der Waals surface area contributed by atoms with Crippen LogP contribution in [0.15, 0.2) is 35.1 Å². The first-order chi connectivity index (χ1) is 21.1. The number of ether oxygens (including phenoxy) is 2. The predicted octanol–water partition coefficient (Wildman–Crippen LogP) is 2.06. The molecule has 46 heavy (non-hydrogen) atoms. The molecule has 14 heteroatoms. The molecule has 264 valence electrons. The summed E-state index contributed by atoms with van der Waals surface area (Å²) in [6.45, 7) is 5.95. The Morgan fingerprint density at radius 1 is 1.11 bits per heavy atom. The maximum Gasteiger partial charge on any atom is 0.252 e. The molecule has 0 radical (unpaired) electrons. The van der Waals surface area contributed by atoms with E-state index < -0.39 is 35.5 Å². The van der Waals surface area contributed by atoms with E-state index in [4.69, 9.17) is 20.9 Å². The first-order valence-corrected chi connectivity index (χ1v) is 16.2. The van der Waals surface area contributed by atoms with Crippen molar-refractivity contribution in [2.45, 2.75) is 89.4 Å². The van der Waals surface area contributed by atoms with E-state index in [-0.39, 0.29) is 45.6 Å². The van der Waals surface area contributed by atoms with Gasteiger partial charge < -0.3 is 47.1 Å². The summed E-state index contributed by atoms with van der Waals surface area (Å²) in [6, 6.07) is 3.29. The number of amides is 3. The molecule has 2 aliphatic heterocycles. The van der Waals surface area contributed by atoms with E-state index >= 15 is 0 Å². The molecule has 10 N–H and O–H groups in total. The molecule has 2 fully saturated rings. The molecule has 1 aromatic carbocycles. The van der Waals surface area contributed by atoms with Crippen LogP contribution in [0, 0.1) is 12.8 Å². The molecule has 1 aliphatic carbocycles. The standard InChI is InChI=1S/C29H37N5O6.C2H6.CH4S.2H2O.3H2/c1-16-22(39-2)11-10-19-23(13-24(35)32-25(16)19)40-18-12-21-26(36)33-29(28(31)38)14-17(29)8-6-4-3-5-7-9-20(30)27(37)34(21)15-18;2*1-2;;;;;/h6,8,10-11,13,17-18,20-21H,3-5,7,9,12,14-15,30H2,1-2H3,(H2,31,38)(H,32,35)(H,33,36);1-2H3;2H,1H3;2*1H2;3*1H/b8-6-;;;;;;;/t17-,18-,20+,21+,29-;;;;;;;/m1......./s1. The summed E-state index contributed by atoms with van der Waals surface area (Å²) in [5, 5.41) is 3.54. The molecule has 0 bridgehead atoms. The van der Waals surface area contributed by atoms with E-state index in [1.165, 1.54) is 11.0 Å². The Hall–Kier alpha value is -3.59. The van der Waals surface area contributed by atoms with Gasteiger partial charge in [-0.05, 0) is 51.0 Å². The predicted molar refractivity (Wildman–Crippen MR) is 189 cm³/mol. The van der Waals surface area contributed by atoms with Crippen molar-refractivity contribution in [3.63, 3.8) is 0 Å². The number of nitrogens with zero attached hydrogens (tertiary/aromatic N) is 1. The summed E-state index contributed by atoms with van der Waals surface area (Å²) in [5.41, 5.74) is 11.9. The van der Waals surface area contributed by atoms with Gasteiger partial charge >= 0.3 is 0 Å². The number of rotatable bonds is 4. The summed E-state index contributed by atoms with van der Waals surface area (Å²) < 4.78 is 11.7. The lowest BCUT2D eigenvalue weighted by molar-refractivity contribution is -0.140. The zero-order chi connectivity index (χ0) is 32.6. The third kappa shape index (κ3) is 8.60. The largest absolute Gasteiger partial charge is 0.496 e. The first kappa shape index (κ1) is 40.4. The van der Waals surface area contributed by atoms with Gasteiger partial charge in [0.2, 0.25) is 17.7 Å². The van der Waals surface area contributed by atoms with Crippen LogP contribution in [0.1, 0.15) is 68.6 Å². The lowest BCUT2D eigenvalue weighted by atomic mass is 10.1. The third-order valence-electron chi connectivity index (χ3n) is 8.43. The summed E-state index contributed by atoms with van der Waals surface area (Å²) in [5.74, 6) is -0.610. The molecule has 1 saturated heterocycles. The Bertz CT molecular complexity index is 1450. The van der Waals surface area contributed by atoms with Crippen LogP contribution >= 0.6 is 12.6 Å². The summed E-state index contributed by atoms with van der Waals surface area (Å²) in [6.07, 6.45) is 9.69. The zero-order valence-corrected chi connectivity index (χ0v) is 28.2. The minimum absolute atomic E-state index is 0. The number of carbonyl (C=O) groups excluding carboxylic acids is 3. The Morgan fingerprint density at radius 3 is 2.46 bits per heavy atom. The molecule has 3 heterocycles. The molecule has 3 amide bonds. The number of carbonyl (C=O) groups is 3. The number of aromatic nitrogens is 1. The van der Waals surface area contributed by atoms with Crippen LogP contribution < -0.4 is 31.8 Å². The van der Waals surface area contributed by atoms with Crippen molar-refractivity contribution in [3.05, 3.63) is 46.3 Å². The van der Waals surface area contributed by atoms with Crippen LogP contribution in [0.3, 0.4) is 0 Å². The molecule has 0 spiro atoms. The number of H-pyrrole nitrogens is 1. The second kappa shape index (κ2) is 17.9. The summed E-state index contributed by atoms with van der Waals surface area (Å²) in [7, 11) is 1.56. The molecule has 5 atom stereocenters. The smallest absolute Gasteiger partial charge is 0.252 e. The minimum Gasteiger partial charge on any atom is -0.496 e. The molecule has 2 aromatic rings. The number of pyridine rings is 1. The minimum atomic E-state index is -1.16. The number of primary amides is 1. The number of nitrogens with one attached hydrogen (secondary N) is 2. The fraction of sp³-hybridized carbons (Fsp3) is 0.562. The van der Waals surface area contributed by atoms with Gasteiger partial charge in [-0.2, -0.15) is 12.6 Å². The third-order valence-corrected chi connectivity index (χ3v) is 8.43. The number of methoxy groups -OCH3 is 1. The number of hydrogen-bond acceptors (Lipinski definition) is 8. The second-order valence-electron chi connectivity index (χ2n) is 11.1. The van der Waals surface area contributed by atoms with E-state index in [0.717, 1.165) is 31.2 Å². The highest BCUT2D eigenvalue weighted by Crippen LogP contribution is 2.45. The molecule has 3 aliphatic rings. The quantitative estimate of drug-likeness (QED) is 0.239. The molecule has 1 aromatic heterocycles. The van der Waals surface area contributed by atoms with E-state index in [2.05, 4.69) is 22.9 Å². The van der Waals surface area contributed by atoms with Crippen LogP contribution in [0.2, 0.25) is 0 Å². The lowest BCUT2D eigenvalue weighted by Crippen LogP contribution is -2.56. The number of allylic oxidation sites excluding steroid dienone is 1. The van der Waals surface area contributed by atoms with Gasteiger partial charge in [-0.25, -0.2) is 0 Å². The Balaban J connectivity index is -0.00000227.